The number of aromatic hydroxyl groups is 1. The summed E-state index contributed by atoms with van der Waals surface area (Å²) in [5, 5.41) is 15.5. The molecule has 0 radical (unpaired) electrons. The highest BCUT2D eigenvalue weighted by Crippen LogP contribution is 2.40. The Balaban J connectivity index is 1.97. The molecule has 0 aliphatic heterocycles. The van der Waals surface area contributed by atoms with Crippen LogP contribution in [0, 0.1) is 0 Å². The Kier molecular flexibility index (Phi) is 2.39. The molecule has 0 bridgehead atoms. The van der Waals surface area contributed by atoms with Crippen LogP contribution in [0.1, 0.15) is 0 Å². The molecular formula is C21H13O2+. The third kappa shape index (κ3) is 1.72. The largest absolute Gasteiger partial charge is 0.507 e. The van der Waals surface area contributed by atoms with Gasteiger partial charge in [0.25, 0.3) is 0 Å². The number of hydrogen-bond donors (Lipinski definition) is 1. The Morgan fingerprint density at radius 1 is 0.696 bits per heavy atom. The monoisotopic (exact) mass is 297 g/mol. The van der Waals surface area contributed by atoms with Gasteiger partial charge in [-0.1, -0.05) is 36.4 Å². The SMILES string of the molecule is Oc1cc2cc(-c3ccccc3)[o+]c3ccc4cccc1c4c23. The van der Waals surface area contributed by atoms with E-state index in [1.165, 1.54) is 0 Å². The van der Waals surface area contributed by atoms with Crippen molar-refractivity contribution in [2.75, 3.05) is 0 Å². The molecule has 4 aromatic carbocycles. The van der Waals surface area contributed by atoms with Crippen LogP contribution in [-0.4, -0.2) is 5.11 Å². The molecule has 0 fully saturated rings. The van der Waals surface area contributed by atoms with Crippen molar-refractivity contribution in [1.29, 1.82) is 0 Å². The average molecular weight is 297 g/mol. The average Bonchev–Trinajstić information content (AvgIpc) is 2.61. The van der Waals surface area contributed by atoms with Gasteiger partial charge in [0.15, 0.2) is 0 Å². The van der Waals surface area contributed by atoms with Gasteiger partial charge >= 0.3 is 11.3 Å². The van der Waals surface area contributed by atoms with Crippen molar-refractivity contribution in [2.24, 2.45) is 0 Å². The van der Waals surface area contributed by atoms with E-state index < -0.39 is 0 Å². The lowest BCUT2D eigenvalue weighted by Gasteiger charge is -2.08. The van der Waals surface area contributed by atoms with Gasteiger partial charge in [-0.2, -0.15) is 0 Å². The van der Waals surface area contributed by atoms with Crippen molar-refractivity contribution in [3.8, 4) is 17.1 Å². The molecule has 0 aliphatic rings. The Labute approximate surface area is 132 Å². The van der Waals surface area contributed by atoms with Crippen molar-refractivity contribution in [1.82, 2.24) is 0 Å². The summed E-state index contributed by atoms with van der Waals surface area (Å²) in [5.74, 6) is 1.11. The highest BCUT2D eigenvalue weighted by Gasteiger charge is 2.21. The standard InChI is InChI=1S/C21H12O2/c22-17-11-15-12-19(13-5-2-1-3-6-13)23-18-10-9-14-7-4-8-16(17)20(14)21(15)18/h1-12H/p+1. The first-order valence-corrected chi connectivity index (χ1v) is 7.60. The van der Waals surface area contributed by atoms with E-state index in [9.17, 15) is 5.11 Å². The molecule has 2 nitrogen and oxygen atoms in total. The van der Waals surface area contributed by atoms with E-state index in [4.69, 9.17) is 4.42 Å². The second-order valence-electron chi connectivity index (χ2n) is 5.80. The van der Waals surface area contributed by atoms with Crippen LogP contribution in [0.4, 0.5) is 0 Å². The van der Waals surface area contributed by atoms with Crippen LogP contribution < -0.4 is 0 Å². The quantitative estimate of drug-likeness (QED) is 0.312. The molecule has 1 aromatic heterocycles. The second kappa shape index (κ2) is 4.43. The Morgan fingerprint density at radius 2 is 1.57 bits per heavy atom. The zero-order valence-corrected chi connectivity index (χ0v) is 12.3. The summed E-state index contributed by atoms with van der Waals surface area (Å²) in [6.07, 6.45) is 0. The van der Waals surface area contributed by atoms with Crippen LogP contribution in [0.5, 0.6) is 5.75 Å². The first kappa shape index (κ1) is 12.4. The zero-order chi connectivity index (χ0) is 15.4. The van der Waals surface area contributed by atoms with Crippen molar-refractivity contribution in [3.63, 3.8) is 0 Å². The molecule has 108 valence electrons. The van der Waals surface area contributed by atoms with Crippen molar-refractivity contribution in [2.45, 2.75) is 0 Å². The van der Waals surface area contributed by atoms with Gasteiger partial charge in [0.2, 0.25) is 0 Å². The summed E-state index contributed by atoms with van der Waals surface area (Å²) in [7, 11) is 0. The molecule has 0 spiro atoms. The maximum Gasteiger partial charge on any atom is 0.362 e. The minimum absolute atomic E-state index is 0.306. The van der Waals surface area contributed by atoms with Crippen LogP contribution >= 0.6 is 0 Å². The summed E-state index contributed by atoms with van der Waals surface area (Å²) in [6, 6.07) is 23.9. The summed E-state index contributed by atoms with van der Waals surface area (Å²) < 4.78 is 6.15. The summed E-state index contributed by atoms with van der Waals surface area (Å²) in [4.78, 5) is 0. The van der Waals surface area contributed by atoms with E-state index in [0.717, 1.165) is 43.8 Å². The fourth-order valence-corrected chi connectivity index (χ4v) is 3.39. The Hall–Kier alpha value is -3.13. The summed E-state index contributed by atoms with van der Waals surface area (Å²) in [6.45, 7) is 0. The van der Waals surface area contributed by atoms with Gasteiger partial charge in [0.1, 0.15) is 5.75 Å². The normalized spacial score (nSPS) is 11.7. The van der Waals surface area contributed by atoms with E-state index >= 15 is 0 Å². The van der Waals surface area contributed by atoms with Crippen molar-refractivity contribution >= 4 is 32.5 Å². The molecule has 1 N–H and O–H groups in total. The molecule has 0 saturated carbocycles. The van der Waals surface area contributed by atoms with E-state index in [0.29, 0.717) is 5.75 Å². The van der Waals surface area contributed by atoms with Gasteiger partial charge in [-0.25, -0.2) is 4.42 Å². The minimum Gasteiger partial charge on any atom is -0.507 e. The molecule has 1 heterocycles. The van der Waals surface area contributed by atoms with Gasteiger partial charge in [-0.3, -0.25) is 0 Å². The van der Waals surface area contributed by atoms with Crippen molar-refractivity contribution < 1.29 is 9.52 Å². The molecule has 0 amide bonds. The third-order valence-electron chi connectivity index (χ3n) is 4.43. The predicted molar refractivity (Wildman–Crippen MR) is 93.9 cm³/mol. The topological polar surface area (TPSA) is 31.5 Å². The van der Waals surface area contributed by atoms with Gasteiger partial charge in [-0.15, -0.1) is 0 Å². The lowest BCUT2D eigenvalue weighted by atomic mass is 9.96. The van der Waals surface area contributed by atoms with E-state index in [1.54, 1.807) is 0 Å². The first-order valence-electron chi connectivity index (χ1n) is 7.60. The van der Waals surface area contributed by atoms with E-state index in [-0.39, 0.29) is 0 Å². The Bertz CT molecular complexity index is 1160. The van der Waals surface area contributed by atoms with Crippen LogP contribution in [0.25, 0.3) is 43.8 Å². The maximum absolute atomic E-state index is 10.4. The Morgan fingerprint density at radius 3 is 2.43 bits per heavy atom. The molecule has 0 aliphatic carbocycles. The number of hydrogen-bond acceptors (Lipinski definition) is 1. The minimum atomic E-state index is 0.306. The zero-order valence-electron chi connectivity index (χ0n) is 12.3. The molecule has 2 heteroatoms. The molecule has 0 unspecified atom stereocenters. The molecule has 0 saturated heterocycles. The smallest absolute Gasteiger partial charge is 0.362 e. The van der Waals surface area contributed by atoms with Gasteiger partial charge in [-0.05, 0) is 29.7 Å². The van der Waals surface area contributed by atoms with E-state index in [2.05, 4.69) is 6.07 Å². The van der Waals surface area contributed by atoms with E-state index in [1.807, 2.05) is 66.7 Å². The highest BCUT2D eigenvalue weighted by atomic mass is 16.3. The molecular weight excluding hydrogens is 284 g/mol. The number of phenols is 1. The van der Waals surface area contributed by atoms with Gasteiger partial charge in [0.05, 0.1) is 17.0 Å². The van der Waals surface area contributed by atoms with Crippen molar-refractivity contribution in [3.05, 3.63) is 72.8 Å². The van der Waals surface area contributed by atoms with Crippen LogP contribution in [0.3, 0.4) is 0 Å². The fourth-order valence-electron chi connectivity index (χ4n) is 3.39. The highest BCUT2D eigenvalue weighted by molar-refractivity contribution is 6.23. The fraction of sp³-hybridized carbons (Fsp3) is 0. The molecule has 0 atom stereocenters. The van der Waals surface area contributed by atoms with Crippen LogP contribution in [-0.2, 0) is 0 Å². The first-order chi connectivity index (χ1) is 11.3. The predicted octanol–water partition coefficient (Wildman–Crippen LogP) is 5.83. The summed E-state index contributed by atoms with van der Waals surface area (Å²) >= 11 is 0. The number of phenolic OH excluding ortho intramolecular Hbond substituents is 1. The lowest BCUT2D eigenvalue weighted by molar-refractivity contribution is 0.482. The van der Waals surface area contributed by atoms with Crippen LogP contribution in [0.15, 0.2) is 77.2 Å². The second-order valence-corrected chi connectivity index (χ2v) is 5.80. The number of rotatable bonds is 1. The van der Waals surface area contributed by atoms with Gasteiger partial charge in [0, 0.05) is 22.2 Å². The molecule has 23 heavy (non-hydrogen) atoms. The third-order valence-corrected chi connectivity index (χ3v) is 4.43. The van der Waals surface area contributed by atoms with Gasteiger partial charge < -0.3 is 5.11 Å². The lowest BCUT2D eigenvalue weighted by Crippen LogP contribution is -1.86. The maximum atomic E-state index is 10.4. The molecule has 5 rings (SSSR count). The number of benzene rings is 4. The van der Waals surface area contributed by atoms with Crippen LogP contribution in [0.2, 0.25) is 0 Å². The summed E-state index contributed by atoms with van der Waals surface area (Å²) in [5.41, 5.74) is 1.86. The molecule has 5 aromatic rings.